The Morgan fingerprint density at radius 1 is 1.09 bits per heavy atom. The van der Waals surface area contributed by atoms with Gasteiger partial charge in [0.25, 0.3) is 0 Å². The first-order valence-corrected chi connectivity index (χ1v) is 12.2. The molecule has 3 fully saturated rings. The standard InChI is InChI=1S/C27H33FN4O/c28-23-8-6-22(7-9-23)26(33)31-18-27(19-31,12-13-29)32-14-10-20(11-15-32)17-30-25-16-24(25)21-4-2-1-3-5-21/h1-9,20,24-26,30,33H,10-12,14-19H2. The van der Waals surface area contributed by atoms with Crippen molar-refractivity contribution in [2.75, 3.05) is 32.7 Å². The summed E-state index contributed by atoms with van der Waals surface area (Å²) in [5.74, 6) is 1.04. The normalized spacial score (nSPS) is 26.3. The van der Waals surface area contributed by atoms with Crippen LogP contribution in [0.25, 0.3) is 0 Å². The zero-order valence-corrected chi connectivity index (χ0v) is 19.0. The molecule has 5 nitrogen and oxygen atoms in total. The van der Waals surface area contributed by atoms with Crippen molar-refractivity contribution in [3.05, 3.63) is 71.5 Å². The van der Waals surface area contributed by atoms with Gasteiger partial charge >= 0.3 is 0 Å². The second-order valence-electron chi connectivity index (χ2n) is 10.1. The molecule has 2 heterocycles. The van der Waals surface area contributed by atoms with E-state index in [0.29, 0.717) is 43.0 Å². The van der Waals surface area contributed by atoms with Crippen LogP contribution in [0.4, 0.5) is 4.39 Å². The fraction of sp³-hybridized carbons (Fsp3) is 0.519. The molecule has 2 aliphatic heterocycles. The molecule has 0 amide bonds. The molecule has 3 atom stereocenters. The Bertz CT molecular complexity index is 962. The van der Waals surface area contributed by atoms with Crippen molar-refractivity contribution in [1.82, 2.24) is 15.1 Å². The number of nitrogens with zero attached hydrogens (tertiary/aromatic N) is 3. The van der Waals surface area contributed by atoms with Gasteiger partial charge in [0.15, 0.2) is 0 Å². The number of nitrogens with one attached hydrogen (secondary N) is 1. The van der Waals surface area contributed by atoms with Crippen LogP contribution in [0, 0.1) is 23.1 Å². The number of hydrogen-bond acceptors (Lipinski definition) is 5. The lowest BCUT2D eigenvalue weighted by Gasteiger charge is -2.57. The first kappa shape index (κ1) is 22.5. The minimum Gasteiger partial charge on any atom is -0.374 e. The fourth-order valence-corrected chi connectivity index (χ4v) is 5.72. The molecule has 0 radical (unpaired) electrons. The Morgan fingerprint density at radius 2 is 1.79 bits per heavy atom. The average molecular weight is 449 g/mol. The van der Waals surface area contributed by atoms with Gasteiger partial charge in [0.2, 0.25) is 0 Å². The summed E-state index contributed by atoms with van der Waals surface area (Å²) in [7, 11) is 0. The van der Waals surface area contributed by atoms with Crippen LogP contribution in [-0.4, -0.2) is 59.2 Å². The molecule has 2 saturated heterocycles. The molecule has 33 heavy (non-hydrogen) atoms. The zero-order valence-electron chi connectivity index (χ0n) is 19.0. The Hall–Kier alpha value is -2.30. The summed E-state index contributed by atoms with van der Waals surface area (Å²) in [5, 5.41) is 24.0. The number of benzene rings is 2. The van der Waals surface area contributed by atoms with Crippen molar-refractivity contribution in [3.63, 3.8) is 0 Å². The van der Waals surface area contributed by atoms with Gasteiger partial charge in [0.05, 0.1) is 18.0 Å². The molecule has 2 aromatic carbocycles. The van der Waals surface area contributed by atoms with Gasteiger partial charge in [-0.25, -0.2) is 4.39 Å². The molecule has 3 unspecified atom stereocenters. The Kier molecular flexibility index (Phi) is 6.49. The molecule has 5 rings (SSSR count). The molecule has 6 heteroatoms. The Morgan fingerprint density at radius 3 is 2.45 bits per heavy atom. The largest absolute Gasteiger partial charge is 0.374 e. The van der Waals surface area contributed by atoms with Crippen molar-refractivity contribution >= 4 is 0 Å². The number of halogens is 1. The Labute approximate surface area is 195 Å². The highest BCUT2D eigenvalue weighted by atomic mass is 19.1. The molecule has 0 bridgehead atoms. The summed E-state index contributed by atoms with van der Waals surface area (Å²) < 4.78 is 13.2. The van der Waals surface area contributed by atoms with Crippen molar-refractivity contribution in [1.29, 1.82) is 5.26 Å². The van der Waals surface area contributed by atoms with Gasteiger partial charge in [0, 0.05) is 25.0 Å². The van der Waals surface area contributed by atoms with Gasteiger partial charge in [-0.3, -0.25) is 9.80 Å². The van der Waals surface area contributed by atoms with E-state index in [-0.39, 0.29) is 11.4 Å². The molecule has 2 aromatic rings. The maximum absolute atomic E-state index is 13.2. The monoisotopic (exact) mass is 448 g/mol. The van der Waals surface area contributed by atoms with Gasteiger partial charge < -0.3 is 10.4 Å². The number of rotatable bonds is 8. The van der Waals surface area contributed by atoms with Gasteiger partial charge in [-0.2, -0.15) is 5.26 Å². The Balaban J connectivity index is 1.09. The maximum Gasteiger partial charge on any atom is 0.133 e. The second-order valence-corrected chi connectivity index (χ2v) is 10.1. The van der Waals surface area contributed by atoms with E-state index in [9.17, 15) is 14.8 Å². The summed E-state index contributed by atoms with van der Waals surface area (Å²) >= 11 is 0. The lowest BCUT2D eigenvalue weighted by molar-refractivity contribution is -0.137. The summed E-state index contributed by atoms with van der Waals surface area (Å²) in [6, 6.07) is 19.8. The quantitative estimate of drug-likeness (QED) is 0.646. The van der Waals surface area contributed by atoms with E-state index >= 15 is 0 Å². The van der Waals surface area contributed by atoms with Crippen LogP contribution in [0.15, 0.2) is 54.6 Å². The summed E-state index contributed by atoms with van der Waals surface area (Å²) in [6.45, 7) is 4.41. The van der Waals surface area contributed by atoms with Gasteiger partial charge in [-0.05, 0) is 68.1 Å². The second kappa shape index (κ2) is 9.52. The van der Waals surface area contributed by atoms with Crippen LogP contribution in [0.5, 0.6) is 0 Å². The summed E-state index contributed by atoms with van der Waals surface area (Å²) in [4.78, 5) is 4.46. The van der Waals surface area contributed by atoms with Gasteiger partial charge in [-0.1, -0.05) is 42.5 Å². The SMILES string of the molecule is N#CCC1(N2CCC(CNC3CC3c3ccccc3)CC2)CN(C(O)c2ccc(F)cc2)C1. The van der Waals surface area contributed by atoms with Crippen LogP contribution in [-0.2, 0) is 0 Å². The van der Waals surface area contributed by atoms with E-state index < -0.39 is 6.23 Å². The van der Waals surface area contributed by atoms with Crippen molar-refractivity contribution in [3.8, 4) is 6.07 Å². The number of likely N-dealkylation sites (tertiary alicyclic amines) is 2. The third-order valence-corrected chi connectivity index (χ3v) is 7.89. The number of hydrogen-bond donors (Lipinski definition) is 2. The predicted molar refractivity (Wildman–Crippen MR) is 126 cm³/mol. The van der Waals surface area contributed by atoms with E-state index in [0.717, 1.165) is 32.5 Å². The first-order chi connectivity index (χ1) is 16.1. The predicted octanol–water partition coefficient (Wildman–Crippen LogP) is 3.64. The average Bonchev–Trinajstić information content (AvgIpc) is 3.61. The van der Waals surface area contributed by atoms with E-state index in [1.54, 1.807) is 12.1 Å². The third-order valence-electron chi connectivity index (χ3n) is 7.89. The zero-order chi connectivity index (χ0) is 22.8. The third kappa shape index (κ3) is 4.83. The smallest absolute Gasteiger partial charge is 0.133 e. The summed E-state index contributed by atoms with van der Waals surface area (Å²) in [5.41, 5.74) is 1.96. The lowest BCUT2D eigenvalue weighted by Crippen LogP contribution is -2.71. The van der Waals surface area contributed by atoms with E-state index in [1.807, 2.05) is 4.90 Å². The molecular formula is C27H33FN4O. The van der Waals surface area contributed by atoms with E-state index in [4.69, 9.17) is 0 Å². The molecular weight excluding hydrogens is 415 g/mol. The fourth-order valence-electron chi connectivity index (χ4n) is 5.72. The van der Waals surface area contributed by atoms with Crippen molar-refractivity contribution in [2.24, 2.45) is 5.92 Å². The van der Waals surface area contributed by atoms with E-state index in [2.05, 4.69) is 46.6 Å². The highest BCUT2D eigenvalue weighted by Crippen LogP contribution is 2.41. The lowest BCUT2D eigenvalue weighted by atomic mass is 9.81. The number of aliphatic hydroxyl groups is 1. The maximum atomic E-state index is 13.2. The first-order valence-electron chi connectivity index (χ1n) is 12.2. The van der Waals surface area contributed by atoms with Crippen LogP contribution in [0.1, 0.15) is 49.0 Å². The summed E-state index contributed by atoms with van der Waals surface area (Å²) in [6.07, 6.45) is 3.24. The highest BCUT2D eigenvalue weighted by Gasteiger charge is 2.50. The van der Waals surface area contributed by atoms with Gasteiger partial charge in [-0.15, -0.1) is 0 Å². The number of aliphatic hydroxyl groups excluding tert-OH is 1. The van der Waals surface area contributed by atoms with Gasteiger partial charge in [0.1, 0.15) is 12.0 Å². The molecule has 174 valence electrons. The van der Waals surface area contributed by atoms with Crippen LogP contribution in [0.3, 0.4) is 0 Å². The van der Waals surface area contributed by atoms with E-state index in [1.165, 1.54) is 24.1 Å². The van der Waals surface area contributed by atoms with Crippen LogP contribution >= 0.6 is 0 Å². The molecule has 3 aliphatic rings. The number of nitriles is 1. The highest BCUT2D eigenvalue weighted by molar-refractivity contribution is 5.27. The molecule has 0 spiro atoms. The minimum atomic E-state index is -0.754. The van der Waals surface area contributed by atoms with Crippen molar-refractivity contribution in [2.45, 2.75) is 49.4 Å². The van der Waals surface area contributed by atoms with Crippen molar-refractivity contribution < 1.29 is 9.50 Å². The molecule has 2 N–H and O–H groups in total. The molecule has 1 aliphatic carbocycles. The minimum absolute atomic E-state index is 0.178. The topological polar surface area (TPSA) is 62.5 Å². The number of piperidine rings is 1. The molecule has 0 aromatic heterocycles. The van der Waals surface area contributed by atoms with Crippen LogP contribution < -0.4 is 5.32 Å². The van der Waals surface area contributed by atoms with Crippen LogP contribution in [0.2, 0.25) is 0 Å². The molecule has 1 saturated carbocycles.